The number of carbonyl (C=O) groups is 3. The molecule has 2 unspecified atom stereocenters. The van der Waals surface area contributed by atoms with Gasteiger partial charge >= 0.3 is 5.97 Å². The average molecular weight is 498 g/mol. The van der Waals surface area contributed by atoms with Crippen LogP contribution in [-0.2, 0) is 19.1 Å². The van der Waals surface area contributed by atoms with Crippen LogP contribution in [0.2, 0.25) is 5.02 Å². The van der Waals surface area contributed by atoms with Crippen molar-refractivity contribution >= 4 is 46.8 Å². The van der Waals surface area contributed by atoms with Gasteiger partial charge in [0, 0.05) is 16.6 Å². The summed E-state index contributed by atoms with van der Waals surface area (Å²) >= 11 is 7.02. The molecule has 2 aromatic rings. The van der Waals surface area contributed by atoms with Crippen LogP contribution in [-0.4, -0.2) is 30.6 Å². The highest BCUT2D eigenvalue weighted by Gasteiger charge is 2.44. The molecule has 34 heavy (non-hydrogen) atoms. The molecule has 1 aliphatic rings. The predicted molar refractivity (Wildman–Crippen MR) is 132 cm³/mol. The third-order valence-corrected chi connectivity index (χ3v) is 6.77. The number of thioether (sulfide) groups is 1. The predicted octanol–water partition coefficient (Wildman–Crippen LogP) is 4.37. The van der Waals surface area contributed by atoms with E-state index in [1.807, 2.05) is 32.9 Å². The molecule has 1 heterocycles. The first-order chi connectivity index (χ1) is 16.2. The lowest BCUT2D eigenvalue weighted by molar-refractivity contribution is -0.150. The summed E-state index contributed by atoms with van der Waals surface area (Å²) in [6, 6.07) is 12.7. The Balaban J connectivity index is 1.89. The normalized spacial score (nSPS) is 17.6. The van der Waals surface area contributed by atoms with Gasteiger partial charge in [0.15, 0.2) is 0 Å². The fourth-order valence-electron chi connectivity index (χ4n) is 4.04. The molecule has 2 amide bonds. The van der Waals surface area contributed by atoms with Crippen molar-refractivity contribution in [3.05, 3.63) is 74.3 Å². The zero-order chi connectivity index (χ0) is 25.0. The number of methoxy groups -OCH3 is 1. The molecule has 0 radical (unpaired) electrons. The first kappa shape index (κ1) is 25.3. The molecule has 0 saturated carbocycles. The maximum Gasteiger partial charge on any atom is 0.319 e. The second kappa shape index (κ2) is 10.8. The number of benzene rings is 2. The van der Waals surface area contributed by atoms with Crippen LogP contribution in [0.3, 0.4) is 0 Å². The Morgan fingerprint density at radius 3 is 2.35 bits per heavy atom. The lowest BCUT2D eigenvalue weighted by atomic mass is 9.78. The fraction of sp³-hybridized carbons (Fsp3) is 0.280. The number of carbonyl (C=O) groups excluding carboxylic acids is 3. The molecular formula is C25H24ClN3O4S. The summed E-state index contributed by atoms with van der Waals surface area (Å²) in [5.74, 6) is -3.77. The molecule has 1 aliphatic heterocycles. The maximum absolute atomic E-state index is 12.9. The van der Waals surface area contributed by atoms with Gasteiger partial charge in [-0.2, -0.15) is 5.26 Å². The largest absolute Gasteiger partial charge is 0.468 e. The van der Waals surface area contributed by atoms with Crippen molar-refractivity contribution < 1.29 is 19.1 Å². The number of allylic oxidation sites excluding steroid dienone is 1. The molecule has 2 N–H and O–H groups in total. The van der Waals surface area contributed by atoms with Crippen molar-refractivity contribution in [2.75, 3.05) is 18.2 Å². The minimum absolute atomic E-state index is 0.0379. The molecular weight excluding hydrogens is 474 g/mol. The number of ether oxygens (including phenoxy) is 1. The van der Waals surface area contributed by atoms with Gasteiger partial charge < -0.3 is 15.4 Å². The Morgan fingerprint density at radius 1 is 1.18 bits per heavy atom. The standard InChI is InChI=1S/C25H24ClN3O4S/c1-13-9-14(2)22(15(3)10-13)28-19(30)12-34-24-18(11-27)20(16-5-7-17(26)8-6-16)21(23(31)29-24)25(32)33-4/h5-10,20-21H,12H2,1-4H3,(H,28,30)(H,29,31). The van der Waals surface area contributed by atoms with Gasteiger partial charge in [-0.05, 0) is 49.6 Å². The monoisotopic (exact) mass is 497 g/mol. The molecule has 9 heteroatoms. The Kier molecular flexibility index (Phi) is 8.02. The summed E-state index contributed by atoms with van der Waals surface area (Å²) in [4.78, 5) is 38.0. The van der Waals surface area contributed by atoms with E-state index in [1.165, 1.54) is 7.11 Å². The number of amides is 2. The highest BCUT2D eigenvalue weighted by atomic mass is 35.5. The van der Waals surface area contributed by atoms with Gasteiger partial charge in [-0.1, -0.05) is 53.2 Å². The Bertz CT molecular complexity index is 1190. The van der Waals surface area contributed by atoms with Crippen LogP contribution in [0.1, 0.15) is 28.2 Å². The number of hydrogen-bond donors (Lipinski definition) is 2. The Hall–Kier alpha value is -3.28. The van der Waals surface area contributed by atoms with Crippen LogP contribution >= 0.6 is 23.4 Å². The molecule has 0 spiro atoms. The summed E-state index contributed by atoms with van der Waals surface area (Å²) in [6.45, 7) is 5.83. The van der Waals surface area contributed by atoms with Crippen molar-refractivity contribution in [2.24, 2.45) is 5.92 Å². The van der Waals surface area contributed by atoms with Crippen LogP contribution in [0.15, 0.2) is 47.0 Å². The van der Waals surface area contributed by atoms with Gasteiger partial charge in [0.25, 0.3) is 0 Å². The molecule has 2 atom stereocenters. The van der Waals surface area contributed by atoms with Crippen LogP contribution in [0.5, 0.6) is 0 Å². The zero-order valence-electron chi connectivity index (χ0n) is 19.2. The van der Waals surface area contributed by atoms with E-state index in [0.717, 1.165) is 34.1 Å². The van der Waals surface area contributed by atoms with Crippen molar-refractivity contribution in [3.8, 4) is 6.07 Å². The Morgan fingerprint density at radius 2 is 1.79 bits per heavy atom. The topological polar surface area (TPSA) is 108 Å². The van der Waals surface area contributed by atoms with Gasteiger partial charge in [-0.15, -0.1) is 0 Å². The smallest absolute Gasteiger partial charge is 0.319 e. The summed E-state index contributed by atoms with van der Waals surface area (Å²) in [7, 11) is 1.19. The molecule has 0 aliphatic carbocycles. The number of nitriles is 1. The zero-order valence-corrected chi connectivity index (χ0v) is 20.8. The van der Waals surface area contributed by atoms with Gasteiger partial charge in [0.05, 0.1) is 29.5 Å². The quantitative estimate of drug-likeness (QED) is 0.453. The minimum atomic E-state index is -1.24. The summed E-state index contributed by atoms with van der Waals surface area (Å²) in [6.07, 6.45) is 0. The lowest BCUT2D eigenvalue weighted by Crippen LogP contribution is -2.44. The SMILES string of the molecule is COC(=O)C1C(=O)NC(SCC(=O)Nc2c(C)cc(C)cc2C)=C(C#N)C1c1ccc(Cl)cc1. The highest BCUT2D eigenvalue weighted by molar-refractivity contribution is 8.03. The maximum atomic E-state index is 12.9. The van der Waals surface area contributed by atoms with Crippen molar-refractivity contribution in [1.29, 1.82) is 5.26 Å². The molecule has 3 rings (SSSR count). The number of esters is 1. The van der Waals surface area contributed by atoms with Crippen LogP contribution in [0.25, 0.3) is 0 Å². The van der Waals surface area contributed by atoms with E-state index >= 15 is 0 Å². The average Bonchev–Trinajstić information content (AvgIpc) is 2.79. The lowest BCUT2D eigenvalue weighted by Gasteiger charge is -2.31. The summed E-state index contributed by atoms with van der Waals surface area (Å²) in [5, 5.41) is 16.2. The number of anilines is 1. The van der Waals surface area contributed by atoms with E-state index in [1.54, 1.807) is 24.3 Å². The minimum Gasteiger partial charge on any atom is -0.468 e. The van der Waals surface area contributed by atoms with Gasteiger partial charge in [-0.3, -0.25) is 14.4 Å². The van der Waals surface area contributed by atoms with Crippen molar-refractivity contribution in [2.45, 2.75) is 26.7 Å². The third-order valence-electron chi connectivity index (χ3n) is 5.50. The van der Waals surface area contributed by atoms with Crippen LogP contribution in [0, 0.1) is 38.0 Å². The van der Waals surface area contributed by atoms with Gasteiger partial charge in [0.2, 0.25) is 11.8 Å². The van der Waals surface area contributed by atoms with Crippen molar-refractivity contribution in [1.82, 2.24) is 5.32 Å². The molecule has 0 aromatic heterocycles. The molecule has 2 aromatic carbocycles. The molecule has 0 bridgehead atoms. The number of nitrogens with one attached hydrogen (secondary N) is 2. The van der Waals surface area contributed by atoms with Crippen molar-refractivity contribution in [3.63, 3.8) is 0 Å². The molecule has 0 fully saturated rings. The van der Waals surface area contributed by atoms with Gasteiger partial charge in [-0.25, -0.2) is 0 Å². The number of hydrogen-bond acceptors (Lipinski definition) is 6. The van der Waals surface area contributed by atoms with E-state index in [9.17, 15) is 19.6 Å². The fourth-order valence-corrected chi connectivity index (χ4v) is 5.01. The second-order valence-electron chi connectivity index (χ2n) is 7.98. The molecule has 7 nitrogen and oxygen atoms in total. The van der Waals surface area contributed by atoms with E-state index in [4.69, 9.17) is 16.3 Å². The molecule has 176 valence electrons. The summed E-state index contributed by atoms with van der Waals surface area (Å²) < 4.78 is 4.83. The first-order valence-corrected chi connectivity index (χ1v) is 11.8. The van der Waals surface area contributed by atoms with E-state index in [0.29, 0.717) is 10.6 Å². The number of aryl methyl sites for hydroxylation is 3. The highest BCUT2D eigenvalue weighted by Crippen LogP contribution is 2.40. The van der Waals surface area contributed by atoms with Crippen LogP contribution < -0.4 is 10.6 Å². The van der Waals surface area contributed by atoms with Gasteiger partial charge in [0.1, 0.15) is 5.92 Å². The number of halogens is 1. The third kappa shape index (κ3) is 5.44. The Labute approximate surface area is 207 Å². The first-order valence-electron chi connectivity index (χ1n) is 10.4. The number of nitrogens with zero attached hydrogens (tertiary/aromatic N) is 1. The molecule has 0 saturated heterocycles. The number of rotatable bonds is 6. The van der Waals surface area contributed by atoms with E-state index < -0.39 is 23.7 Å². The van der Waals surface area contributed by atoms with Crippen LogP contribution in [0.4, 0.5) is 5.69 Å². The van der Waals surface area contributed by atoms with E-state index in [2.05, 4.69) is 16.7 Å². The van der Waals surface area contributed by atoms with E-state index in [-0.39, 0.29) is 22.3 Å². The second-order valence-corrected chi connectivity index (χ2v) is 9.41. The summed E-state index contributed by atoms with van der Waals surface area (Å²) in [5.41, 5.74) is 4.48.